The second-order valence-electron chi connectivity index (χ2n) is 4.12. The van der Waals surface area contributed by atoms with E-state index in [-0.39, 0.29) is 0 Å². The molecule has 0 atom stereocenters. The van der Waals surface area contributed by atoms with Gasteiger partial charge >= 0.3 is 0 Å². The van der Waals surface area contributed by atoms with Crippen LogP contribution in [-0.2, 0) is 0 Å². The van der Waals surface area contributed by atoms with Gasteiger partial charge in [-0.3, -0.25) is 0 Å². The molecule has 1 nitrogen and oxygen atoms in total. The number of para-hydroxylation sites is 1. The van der Waals surface area contributed by atoms with Crippen molar-refractivity contribution in [3.05, 3.63) is 64.7 Å². The Morgan fingerprint density at radius 2 is 1.94 bits per heavy atom. The zero-order valence-corrected chi connectivity index (χ0v) is 10.0. The zero-order chi connectivity index (χ0) is 11.7. The second kappa shape index (κ2) is 4.27. The van der Waals surface area contributed by atoms with Gasteiger partial charge in [0.1, 0.15) is 0 Å². The Kier molecular flexibility index (Phi) is 2.62. The summed E-state index contributed by atoms with van der Waals surface area (Å²) in [6, 6.07) is 16.3. The van der Waals surface area contributed by atoms with E-state index in [1.165, 1.54) is 16.8 Å². The SMILES string of the molecule is Clc1cccc(C=C2CNc3ccccc32)c1. The van der Waals surface area contributed by atoms with Crippen LogP contribution in [0.3, 0.4) is 0 Å². The molecule has 0 spiro atoms. The maximum absolute atomic E-state index is 5.99. The van der Waals surface area contributed by atoms with E-state index < -0.39 is 0 Å². The molecule has 2 aromatic carbocycles. The first-order valence-electron chi connectivity index (χ1n) is 5.62. The van der Waals surface area contributed by atoms with Gasteiger partial charge in [0, 0.05) is 22.8 Å². The van der Waals surface area contributed by atoms with E-state index >= 15 is 0 Å². The molecule has 1 heterocycles. The van der Waals surface area contributed by atoms with Gasteiger partial charge < -0.3 is 5.32 Å². The Morgan fingerprint density at radius 3 is 2.82 bits per heavy atom. The van der Waals surface area contributed by atoms with Crippen LogP contribution in [0.2, 0.25) is 5.02 Å². The molecular weight excluding hydrogens is 230 g/mol. The largest absolute Gasteiger partial charge is 0.380 e. The number of hydrogen-bond acceptors (Lipinski definition) is 1. The summed E-state index contributed by atoms with van der Waals surface area (Å²) >= 11 is 5.99. The monoisotopic (exact) mass is 241 g/mol. The van der Waals surface area contributed by atoms with Gasteiger partial charge in [0.2, 0.25) is 0 Å². The third-order valence-corrected chi connectivity index (χ3v) is 3.17. The van der Waals surface area contributed by atoms with Gasteiger partial charge in [-0.05, 0) is 35.4 Å². The van der Waals surface area contributed by atoms with Crippen LogP contribution in [0, 0.1) is 0 Å². The smallest absolute Gasteiger partial charge is 0.0419 e. The van der Waals surface area contributed by atoms with Gasteiger partial charge in [0.25, 0.3) is 0 Å². The van der Waals surface area contributed by atoms with Crippen molar-refractivity contribution in [3.63, 3.8) is 0 Å². The molecule has 0 bridgehead atoms. The van der Waals surface area contributed by atoms with Crippen LogP contribution >= 0.6 is 11.6 Å². The molecule has 84 valence electrons. The highest BCUT2D eigenvalue weighted by Crippen LogP contribution is 2.31. The minimum absolute atomic E-state index is 0.776. The topological polar surface area (TPSA) is 12.0 Å². The number of benzene rings is 2. The normalized spacial score (nSPS) is 15.7. The molecule has 0 saturated carbocycles. The number of fused-ring (bicyclic) bond motifs is 1. The number of hydrogen-bond donors (Lipinski definition) is 1. The molecule has 2 heteroatoms. The zero-order valence-electron chi connectivity index (χ0n) is 9.28. The lowest BCUT2D eigenvalue weighted by Crippen LogP contribution is -1.91. The van der Waals surface area contributed by atoms with Crippen LogP contribution in [0.5, 0.6) is 0 Å². The first-order valence-corrected chi connectivity index (χ1v) is 6.00. The molecule has 17 heavy (non-hydrogen) atoms. The number of rotatable bonds is 1. The highest BCUT2D eigenvalue weighted by atomic mass is 35.5. The van der Waals surface area contributed by atoms with Crippen molar-refractivity contribution in [1.82, 2.24) is 0 Å². The van der Waals surface area contributed by atoms with Crippen molar-refractivity contribution >= 4 is 28.9 Å². The average Bonchev–Trinajstić information content (AvgIpc) is 2.73. The van der Waals surface area contributed by atoms with Gasteiger partial charge in [-0.2, -0.15) is 0 Å². The molecule has 0 amide bonds. The van der Waals surface area contributed by atoms with E-state index in [4.69, 9.17) is 11.6 Å². The molecule has 0 aromatic heterocycles. The Labute approximate surface area is 106 Å². The van der Waals surface area contributed by atoms with Crippen molar-refractivity contribution in [2.24, 2.45) is 0 Å². The summed E-state index contributed by atoms with van der Waals surface area (Å²) < 4.78 is 0. The van der Waals surface area contributed by atoms with Crippen LogP contribution in [0.4, 0.5) is 5.69 Å². The first-order chi connectivity index (χ1) is 8.33. The lowest BCUT2D eigenvalue weighted by Gasteiger charge is -2.00. The van der Waals surface area contributed by atoms with Crippen LogP contribution < -0.4 is 5.32 Å². The summed E-state index contributed by atoms with van der Waals surface area (Å²) in [7, 11) is 0. The highest BCUT2D eigenvalue weighted by Gasteiger charge is 2.13. The van der Waals surface area contributed by atoms with E-state index in [0.29, 0.717) is 0 Å². The predicted molar refractivity (Wildman–Crippen MR) is 74.3 cm³/mol. The summed E-state index contributed by atoms with van der Waals surface area (Å²) in [6.07, 6.45) is 2.19. The molecule has 1 aliphatic rings. The van der Waals surface area contributed by atoms with Crippen LogP contribution in [-0.4, -0.2) is 6.54 Å². The maximum atomic E-state index is 5.99. The van der Waals surface area contributed by atoms with E-state index in [1.807, 2.05) is 24.3 Å². The van der Waals surface area contributed by atoms with Crippen molar-refractivity contribution in [1.29, 1.82) is 0 Å². The van der Waals surface area contributed by atoms with Crippen LogP contribution in [0.1, 0.15) is 11.1 Å². The average molecular weight is 242 g/mol. The van der Waals surface area contributed by atoms with Gasteiger partial charge in [0.15, 0.2) is 0 Å². The molecule has 0 unspecified atom stereocenters. The summed E-state index contributed by atoms with van der Waals surface area (Å²) in [5.74, 6) is 0. The summed E-state index contributed by atoms with van der Waals surface area (Å²) in [6.45, 7) is 0.881. The lowest BCUT2D eigenvalue weighted by molar-refractivity contribution is 1.45. The highest BCUT2D eigenvalue weighted by molar-refractivity contribution is 6.30. The maximum Gasteiger partial charge on any atom is 0.0419 e. The summed E-state index contributed by atoms with van der Waals surface area (Å²) in [5, 5.41) is 4.16. The third kappa shape index (κ3) is 2.06. The lowest BCUT2D eigenvalue weighted by atomic mass is 10.0. The molecule has 0 aliphatic carbocycles. The van der Waals surface area contributed by atoms with E-state index in [9.17, 15) is 0 Å². The van der Waals surface area contributed by atoms with Gasteiger partial charge in [0.05, 0.1) is 0 Å². The summed E-state index contributed by atoms with van der Waals surface area (Å²) in [4.78, 5) is 0. The molecule has 1 N–H and O–H groups in total. The van der Waals surface area contributed by atoms with E-state index in [2.05, 4.69) is 35.7 Å². The van der Waals surface area contributed by atoms with Crippen LogP contribution in [0.25, 0.3) is 11.6 Å². The Morgan fingerprint density at radius 1 is 1.06 bits per heavy atom. The molecule has 0 saturated heterocycles. The fraction of sp³-hybridized carbons (Fsp3) is 0.0667. The van der Waals surface area contributed by atoms with Crippen molar-refractivity contribution in [2.75, 3.05) is 11.9 Å². The minimum Gasteiger partial charge on any atom is -0.380 e. The fourth-order valence-corrected chi connectivity index (χ4v) is 2.33. The van der Waals surface area contributed by atoms with Crippen LogP contribution in [0.15, 0.2) is 48.5 Å². The summed E-state index contributed by atoms with van der Waals surface area (Å²) in [5.41, 5.74) is 4.95. The van der Waals surface area contributed by atoms with Gasteiger partial charge in [-0.25, -0.2) is 0 Å². The molecule has 3 rings (SSSR count). The van der Waals surface area contributed by atoms with Crippen molar-refractivity contribution < 1.29 is 0 Å². The molecule has 0 fully saturated rings. The Bertz CT molecular complexity index is 587. The molecular formula is C15H12ClN. The standard InChI is InChI=1S/C15H12ClN/c16-13-5-3-4-11(9-13)8-12-10-17-15-7-2-1-6-14(12)15/h1-9,17H,10H2. The Balaban J connectivity index is 2.02. The predicted octanol–water partition coefficient (Wildman–Crippen LogP) is 4.31. The first kappa shape index (κ1) is 10.4. The van der Waals surface area contributed by atoms with E-state index in [0.717, 1.165) is 17.1 Å². The van der Waals surface area contributed by atoms with Crippen molar-refractivity contribution in [2.45, 2.75) is 0 Å². The fourth-order valence-electron chi connectivity index (χ4n) is 2.13. The van der Waals surface area contributed by atoms with Gasteiger partial charge in [-0.15, -0.1) is 0 Å². The number of halogens is 1. The number of nitrogens with one attached hydrogen (secondary N) is 1. The molecule has 0 radical (unpaired) electrons. The third-order valence-electron chi connectivity index (χ3n) is 2.93. The van der Waals surface area contributed by atoms with E-state index in [1.54, 1.807) is 0 Å². The quantitative estimate of drug-likeness (QED) is 0.785. The number of anilines is 1. The van der Waals surface area contributed by atoms with Gasteiger partial charge in [-0.1, -0.05) is 41.9 Å². The molecule has 1 aliphatic heterocycles. The van der Waals surface area contributed by atoms with Crippen molar-refractivity contribution in [3.8, 4) is 0 Å². The second-order valence-corrected chi connectivity index (χ2v) is 4.56. The minimum atomic E-state index is 0.776. The Hall–Kier alpha value is -1.73. The molecule has 2 aromatic rings.